The molecule has 1 unspecified atom stereocenters. The van der Waals surface area contributed by atoms with Gasteiger partial charge in [0.1, 0.15) is 10.7 Å². The van der Waals surface area contributed by atoms with Crippen LogP contribution in [0.1, 0.15) is 32.2 Å². The van der Waals surface area contributed by atoms with Gasteiger partial charge in [-0.2, -0.15) is 0 Å². The third-order valence-electron chi connectivity index (χ3n) is 4.88. The van der Waals surface area contributed by atoms with E-state index in [4.69, 9.17) is 33.2 Å². The second-order valence-electron chi connectivity index (χ2n) is 6.40. The summed E-state index contributed by atoms with van der Waals surface area (Å²) in [6.45, 7) is 0. The third-order valence-corrected chi connectivity index (χ3v) is 5.10. The molecule has 140 valence electrons. The number of rotatable bonds is 3. The number of carbonyl (C=O) groups excluding carboxylic acids is 2. The number of methoxy groups -OCH3 is 1. The second kappa shape index (κ2) is 6.61. The lowest BCUT2D eigenvalue weighted by Crippen LogP contribution is -2.35. The maximum atomic E-state index is 13.3. The van der Waals surface area contributed by atoms with E-state index in [-0.39, 0.29) is 33.6 Å². The first kappa shape index (κ1) is 17.9. The molecular formula is C21H16N2O4S. The number of hydrogen-bond acceptors (Lipinski definition) is 6. The van der Waals surface area contributed by atoms with E-state index in [1.165, 1.54) is 0 Å². The molecule has 0 fully saturated rings. The summed E-state index contributed by atoms with van der Waals surface area (Å²) in [6.07, 6.45) is 0. The molecule has 6 nitrogen and oxygen atoms in total. The highest BCUT2D eigenvalue weighted by Crippen LogP contribution is 2.44. The van der Waals surface area contributed by atoms with Crippen LogP contribution in [0.5, 0.6) is 5.75 Å². The van der Waals surface area contributed by atoms with Crippen molar-refractivity contribution in [3.05, 3.63) is 88.0 Å². The number of allylic oxidation sites excluding steroid dienone is 2. The molecule has 0 amide bonds. The summed E-state index contributed by atoms with van der Waals surface area (Å²) >= 11 is 5.17. The molecule has 1 atom stereocenters. The van der Waals surface area contributed by atoms with E-state index in [9.17, 15) is 9.59 Å². The van der Waals surface area contributed by atoms with Gasteiger partial charge in [-0.25, -0.2) is 0 Å². The Bertz CT molecular complexity index is 1100. The summed E-state index contributed by atoms with van der Waals surface area (Å²) < 4.78 is 10.8. The number of nitrogens with two attached hydrogens (primary N) is 2. The zero-order valence-electron chi connectivity index (χ0n) is 14.9. The number of thiocarbonyl (C=S) groups is 1. The molecule has 0 saturated heterocycles. The average molecular weight is 392 g/mol. The summed E-state index contributed by atoms with van der Waals surface area (Å²) in [6, 6.07) is 13.7. The van der Waals surface area contributed by atoms with Gasteiger partial charge in [0.25, 0.3) is 0 Å². The highest BCUT2D eigenvalue weighted by atomic mass is 32.1. The Labute approximate surface area is 166 Å². The van der Waals surface area contributed by atoms with Gasteiger partial charge in [0, 0.05) is 17.0 Å². The number of carbonyl (C=O) groups is 2. The van der Waals surface area contributed by atoms with Crippen LogP contribution in [0, 0.1) is 0 Å². The number of benzene rings is 2. The van der Waals surface area contributed by atoms with E-state index in [1.807, 2.05) is 0 Å². The van der Waals surface area contributed by atoms with E-state index in [0.717, 1.165) is 0 Å². The summed E-state index contributed by atoms with van der Waals surface area (Å²) in [5, 5.41) is 0. The molecule has 1 heterocycles. The van der Waals surface area contributed by atoms with Gasteiger partial charge in [0.05, 0.1) is 18.3 Å². The fourth-order valence-electron chi connectivity index (χ4n) is 3.58. The number of hydrogen-bond donors (Lipinski definition) is 2. The Morgan fingerprint density at radius 1 is 1.04 bits per heavy atom. The van der Waals surface area contributed by atoms with Crippen molar-refractivity contribution in [2.24, 2.45) is 11.5 Å². The summed E-state index contributed by atoms with van der Waals surface area (Å²) in [7, 11) is 1.56. The molecule has 1 aliphatic carbocycles. The minimum absolute atomic E-state index is 0.00368. The van der Waals surface area contributed by atoms with Crippen LogP contribution in [-0.2, 0) is 4.74 Å². The number of fused-ring (bicyclic) bond motifs is 1. The Kier molecular flexibility index (Phi) is 4.24. The molecule has 4 rings (SSSR count). The minimum Gasteiger partial charge on any atom is -0.497 e. The molecule has 2 aromatic rings. The lowest BCUT2D eigenvalue weighted by molar-refractivity contribution is 0.0897. The molecule has 0 bridgehead atoms. The molecular weight excluding hydrogens is 376 g/mol. The highest BCUT2D eigenvalue weighted by Gasteiger charge is 2.44. The predicted molar refractivity (Wildman–Crippen MR) is 107 cm³/mol. The van der Waals surface area contributed by atoms with Crippen molar-refractivity contribution in [1.29, 1.82) is 0 Å². The van der Waals surface area contributed by atoms with Gasteiger partial charge in [-0.05, 0) is 17.7 Å². The van der Waals surface area contributed by atoms with Crippen molar-refractivity contribution in [3.8, 4) is 5.75 Å². The summed E-state index contributed by atoms with van der Waals surface area (Å²) in [4.78, 5) is 26.3. The molecule has 0 radical (unpaired) electrons. The summed E-state index contributed by atoms with van der Waals surface area (Å²) in [5.41, 5.74) is 13.8. The second-order valence-corrected chi connectivity index (χ2v) is 6.84. The first-order valence-electron chi connectivity index (χ1n) is 8.48. The van der Waals surface area contributed by atoms with Gasteiger partial charge < -0.3 is 20.9 Å². The molecule has 2 aliphatic rings. The van der Waals surface area contributed by atoms with Crippen molar-refractivity contribution in [1.82, 2.24) is 0 Å². The van der Waals surface area contributed by atoms with Gasteiger partial charge in [0.2, 0.25) is 5.78 Å². The van der Waals surface area contributed by atoms with Gasteiger partial charge >= 0.3 is 0 Å². The molecule has 28 heavy (non-hydrogen) atoms. The van der Waals surface area contributed by atoms with Crippen molar-refractivity contribution < 1.29 is 19.1 Å². The minimum atomic E-state index is -0.711. The van der Waals surface area contributed by atoms with Crippen molar-refractivity contribution in [3.63, 3.8) is 0 Å². The number of ether oxygens (including phenoxy) is 2. The summed E-state index contributed by atoms with van der Waals surface area (Å²) in [5.74, 6) is -0.928. The number of ketones is 2. The Morgan fingerprint density at radius 2 is 1.64 bits per heavy atom. The van der Waals surface area contributed by atoms with Gasteiger partial charge in [-0.1, -0.05) is 48.6 Å². The van der Waals surface area contributed by atoms with Crippen molar-refractivity contribution in [2.75, 3.05) is 7.11 Å². The normalized spacial score (nSPS) is 18.4. The van der Waals surface area contributed by atoms with Gasteiger partial charge in [0.15, 0.2) is 17.4 Å². The van der Waals surface area contributed by atoms with Crippen LogP contribution in [0.15, 0.2) is 71.3 Å². The largest absolute Gasteiger partial charge is 0.497 e. The SMILES string of the molecule is COc1ccc(C2C(C(N)=S)=C(N)OC3=C2C(=O)c2ccccc2C3=O)cc1. The monoisotopic (exact) mass is 392 g/mol. The smallest absolute Gasteiger partial charge is 0.229 e. The lowest BCUT2D eigenvalue weighted by Gasteiger charge is -2.32. The quantitative estimate of drug-likeness (QED) is 0.774. The maximum absolute atomic E-state index is 13.3. The highest BCUT2D eigenvalue weighted by molar-refractivity contribution is 7.80. The molecule has 1 aliphatic heterocycles. The molecule has 0 spiro atoms. The molecule has 0 aromatic heterocycles. The fourth-order valence-corrected chi connectivity index (χ4v) is 3.80. The Balaban J connectivity index is 1.96. The van der Waals surface area contributed by atoms with E-state index in [1.54, 1.807) is 55.6 Å². The van der Waals surface area contributed by atoms with Crippen LogP contribution < -0.4 is 16.2 Å². The predicted octanol–water partition coefficient (Wildman–Crippen LogP) is 2.60. The van der Waals surface area contributed by atoms with E-state index >= 15 is 0 Å². The van der Waals surface area contributed by atoms with E-state index in [2.05, 4.69) is 0 Å². The zero-order valence-corrected chi connectivity index (χ0v) is 15.7. The maximum Gasteiger partial charge on any atom is 0.229 e. The topological polar surface area (TPSA) is 105 Å². The van der Waals surface area contributed by atoms with Crippen LogP contribution >= 0.6 is 12.2 Å². The van der Waals surface area contributed by atoms with Gasteiger partial charge in [-0.3, -0.25) is 9.59 Å². The van der Waals surface area contributed by atoms with Crippen molar-refractivity contribution in [2.45, 2.75) is 5.92 Å². The standard InChI is InChI=1S/C21H16N2O4S/c1-26-11-8-6-10(7-9-11)14-15-17(24)12-4-2-3-5-13(12)18(25)19(15)27-20(22)16(14)21(23)28/h2-9,14H,22H2,1H3,(H2,23,28). The van der Waals surface area contributed by atoms with E-state index in [0.29, 0.717) is 22.4 Å². The fraction of sp³-hybridized carbons (Fsp3) is 0.0952. The Morgan fingerprint density at radius 3 is 2.21 bits per heavy atom. The van der Waals surface area contributed by atoms with Crippen LogP contribution in [0.3, 0.4) is 0 Å². The van der Waals surface area contributed by atoms with Crippen LogP contribution in [0.4, 0.5) is 0 Å². The van der Waals surface area contributed by atoms with Crippen molar-refractivity contribution >= 4 is 28.8 Å². The van der Waals surface area contributed by atoms with Gasteiger partial charge in [-0.15, -0.1) is 0 Å². The van der Waals surface area contributed by atoms with Crippen LogP contribution in [0.25, 0.3) is 0 Å². The van der Waals surface area contributed by atoms with Crippen LogP contribution in [0.2, 0.25) is 0 Å². The molecule has 7 heteroatoms. The third kappa shape index (κ3) is 2.59. The Hall–Kier alpha value is -3.45. The number of Topliss-reactive ketones (excluding diaryl/α,β-unsaturated/α-hetero) is 2. The van der Waals surface area contributed by atoms with E-state index < -0.39 is 11.7 Å². The molecule has 2 aromatic carbocycles. The first-order chi connectivity index (χ1) is 13.4. The average Bonchev–Trinajstić information content (AvgIpc) is 2.71. The molecule has 0 saturated carbocycles. The zero-order chi connectivity index (χ0) is 20.0. The lowest BCUT2D eigenvalue weighted by atomic mass is 9.75. The first-order valence-corrected chi connectivity index (χ1v) is 8.88. The molecule has 4 N–H and O–H groups in total. The van der Waals surface area contributed by atoms with Crippen LogP contribution in [-0.4, -0.2) is 23.7 Å².